The van der Waals surface area contributed by atoms with Crippen molar-refractivity contribution in [3.63, 3.8) is 0 Å². The van der Waals surface area contributed by atoms with Gasteiger partial charge < -0.3 is 19.5 Å². The molecule has 1 aromatic rings. The zero-order chi connectivity index (χ0) is 15.7. The molecule has 2 unspecified atom stereocenters. The number of carbonyl (C=O) groups is 2. The lowest BCUT2D eigenvalue weighted by atomic mass is 9.88. The van der Waals surface area contributed by atoms with Gasteiger partial charge >= 0.3 is 5.97 Å². The highest BCUT2D eigenvalue weighted by Gasteiger charge is 2.48. The number of ether oxygens (including phenoxy) is 2. The van der Waals surface area contributed by atoms with Crippen molar-refractivity contribution in [3.8, 4) is 5.75 Å². The van der Waals surface area contributed by atoms with E-state index in [9.17, 15) is 14.7 Å². The van der Waals surface area contributed by atoms with E-state index in [0.717, 1.165) is 11.3 Å². The molecule has 1 fully saturated rings. The number of carbonyl (C=O) groups excluding carboxylic acids is 1. The van der Waals surface area contributed by atoms with Crippen LogP contribution in [0.3, 0.4) is 0 Å². The van der Waals surface area contributed by atoms with Crippen molar-refractivity contribution in [2.75, 3.05) is 26.8 Å². The molecular weight excluding hydrogens is 286 g/mol. The lowest BCUT2D eigenvalue weighted by molar-refractivity contribution is -0.152. The molecule has 0 spiro atoms. The van der Waals surface area contributed by atoms with Crippen LogP contribution in [0.25, 0.3) is 0 Å². The molecule has 2 aliphatic heterocycles. The van der Waals surface area contributed by atoms with Gasteiger partial charge in [0.25, 0.3) is 5.91 Å². The molecule has 1 amide bonds. The number of nitrogens with zero attached hydrogens (tertiary/aromatic N) is 1. The lowest BCUT2D eigenvalue weighted by Crippen LogP contribution is -2.44. The van der Waals surface area contributed by atoms with Crippen LogP contribution in [0.4, 0.5) is 0 Å². The van der Waals surface area contributed by atoms with Crippen LogP contribution >= 0.6 is 0 Å². The number of aliphatic carboxylic acids is 1. The highest BCUT2D eigenvalue weighted by molar-refractivity contribution is 5.85. The first-order valence-corrected chi connectivity index (χ1v) is 7.31. The Kier molecular flexibility index (Phi) is 3.78. The molecule has 0 radical (unpaired) electrons. The highest BCUT2D eigenvalue weighted by atomic mass is 16.5. The van der Waals surface area contributed by atoms with E-state index in [4.69, 9.17) is 9.47 Å². The average molecular weight is 305 g/mol. The molecule has 6 heteroatoms. The van der Waals surface area contributed by atoms with Crippen molar-refractivity contribution in [1.82, 2.24) is 4.90 Å². The predicted molar refractivity (Wildman–Crippen MR) is 77.7 cm³/mol. The van der Waals surface area contributed by atoms with Gasteiger partial charge in [-0.2, -0.15) is 0 Å². The Morgan fingerprint density at radius 2 is 2.23 bits per heavy atom. The fourth-order valence-electron chi connectivity index (χ4n) is 3.21. The Balaban J connectivity index is 1.69. The Bertz CT molecular complexity index is 577. The summed E-state index contributed by atoms with van der Waals surface area (Å²) < 4.78 is 10.7. The van der Waals surface area contributed by atoms with Crippen LogP contribution in [0.2, 0.25) is 0 Å². The van der Waals surface area contributed by atoms with Crippen LogP contribution < -0.4 is 4.74 Å². The van der Waals surface area contributed by atoms with Gasteiger partial charge in [0, 0.05) is 26.6 Å². The lowest BCUT2D eigenvalue weighted by Gasteiger charge is -2.25. The maximum absolute atomic E-state index is 12.6. The fraction of sp³-hybridized carbons (Fsp3) is 0.500. The van der Waals surface area contributed by atoms with E-state index in [0.29, 0.717) is 19.4 Å². The number of fused-ring (bicyclic) bond motifs is 1. The Morgan fingerprint density at radius 1 is 1.45 bits per heavy atom. The van der Waals surface area contributed by atoms with Crippen LogP contribution in [-0.2, 0) is 20.7 Å². The van der Waals surface area contributed by atoms with E-state index in [1.165, 1.54) is 7.11 Å². The maximum atomic E-state index is 12.6. The van der Waals surface area contributed by atoms with Crippen LogP contribution in [0.1, 0.15) is 12.0 Å². The van der Waals surface area contributed by atoms with E-state index in [1.54, 1.807) is 4.90 Å². The summed E-state index contributed by atoms with van der Waals surface area (Å²) in [6.07, 6.45) is 0.391. The number of rotatable bonds is 4. The normalized spacial score (nSPS) is 26.6. The third kappa shape index (κ3) is 2.43. The highest BCUT2D eigenvalue weighted by Crippen LogP contribution is 2.34. The van der Waals surface area contributed by atoms with Gasteiger partial charge in [-0.15, -0.1) is 0 Å². The molecule has 2 aliphatic rings. The number of carboxylic acids is 1. The third-order valence-electron chi connectivity index (χ3n) is 4.46. The number of hydrogen-bond donors (Lipinski definition) is 1. The van der Waals surface area contributed by atoms with Crippen molar-refractivity contribution >= 4 is 11.9 Å². The van der Waals surface area contributed by atoms with Gasteiger partial charge in [-0.3, -0.25) is 9.59 Å². The van der Waals surface area contributed by atoms with Gasteiger partial charge in [-0.25, -0.2) is 0 Å². The Labute approximate surface area is 128 Å². The van der Waals surface area contributed by atoms with Crippen LogP contribution in [0.5, 0.6) is 5.75 Å². The van der Waals surface area contributed by atoms with Crippen molar-refractivity contribution in [1.29, 1.82) is 0 Å². The molecule has 6 nitrogen and oxygen atoms in total. The minimum atomic E-state index is -1.00. The zero-order valence-corrected chi connectivity index (χ0v) is 12.4. The molecule has 0 aromatic heterocycles. The smallest absolute Gasteiger partial charge is 0.313 e. The molecule has 1 saturated heterocycles. The summed E-state index contributed by atoms with van der Waals surface area (Å²) in [5.74, 6) is -0.322. The molecule has 1 aromatic carbocycles. The standard InChI is InChI=1S/C16H19NO5/c1-21-10-16(15(19)20)6-7-17(9-16)14(18)13-8-11-4-2-3-5-12(11)22-13/h2-5,13H,6-10H2,1H3,(H,19,20). The van der Waals surface area contributed by atoms with E-state index in [-0.39, 0.29) is 19.1 Å². The fourth-order valence-corrected chi connectivity index (χ4v) is 3.21. The zero-order valence-electron chi connectivity index (χ0n) is 12.4. The number of amides is 1. The monoisotopic (exact) mass is 305 g/mol. The quantitative estimate of drug-likeness (QED) is 0.896. The van der Waals surface area contributed by atoms with Gasteiger partial charge in [-0.05, 0) is 18.1 Å². The van der Waals surface area contributed by atoms with Crippen molar-refractivity contribution < 1.29 is 24.2 Å². The first kappa shape index (κ1) is 14.8. The van der Waals surface area contributed by atoms with Gasteiger partial charge in [0.05, 0.1) is 6.61 Å². The third-order valence-corrected chi connectivity index (χ3v) is 4.46. The van der Waals surface area contributed by atoms with E-state index < -0.39 is 17.5 Å². The summed E-state index contributed by atoms with van der Waals surface area (Å²) in [6.45, 7) is 0.702. The Morgan fingerprint density at radius 3 is 2.91 bits per heavy atom. The van der Waals surface area contributed by atoms with Gasteiger partial charge in [0.15, 0.2) is 6.10 Å². The maximum Gasteiger partial charge on any atom is 0.313 e. The second-order valence-electron chi connectivity index (χ2n) is 5.95. The van der Waals surface area contributed by atoms with Crippen LogP contribution in [0, 0.1) is 5.41 Å². The molecule has 22 heavy (non-hydrogen) atoms. The van der Waals surface area contributed by atoms with E-state index in [1.807, 2.05) is 24.3 Å². The molecule has 1 N–H and O–H groups in total. The number of methoxy groups -OCH3 is 1. The molecule has 0 aliphatic carbocycles. The molecular formula is C16H19NO5. The number of hydrogen-bond acceptors (Lipinski definition) is 4. The molecule has 0 bridgehead atoms. The summed E-state index contributed by atoms with van der Waals surface area (Å²) in [6, 6.07) is 7.58. The molecule has 2 atom stereocenters. The SMILES string of the molecule is COCC1(C(=O)O)CCN(C(=O)C2Cc3ccccc3O2)C1. The summed E-state index contributed by atoms with van der Waals surface area (Å²) in [5, 5.41) is 9.45. The molecule has 0 saturated carbocycles. The summed E-state index contributed by atoms with van der Waals surface area (Å²) >= 11 is 0. The number of para-hydroxylation sites is 1. The molecule has 3 rings (SSSR count). The van der Waals surface area contributed by atoms with Crippen LogP contribution in [-0.4, -0.2) is 54.8 Å². The summed E-state index contributed by atoms with van der Waals surface area (Å²) in [4.78, 5) is 25.7. The largest absolute Gasteiger partial charge is 0.481 e. The van der Waals surface area contributed by atoms with E-state index >= 15 is 0 Å². The molecule has 2 heterocycles. The topological polar surface area (TPSA) is 76.1 Å². The van der Waals surface area contributed by atoms with Gasteiger partial charge in [-0.1, -0.05) is 18.2 Å². The first-order chi connectivity index (χ1) is 10.6. The van der Waals surface area contributed by atoms with Crippen LogP contribution in [0.15, 0.2) is 24.3 Å². The average Bonchev–Trinajstić information content (AvgIpc) is 3.11. The van der Waals surface area contributed by atoms with Crippen molar-refractivity contribution in [2.24, 2.45) is 5.41 Å². The first-order valence-electron chi connectivity index (χ1n) is 7.31. The minimum Gasteiger partial charge on any atom is -0.481 e. The van der Waals surface area contributed by atoms with Gasteiger partial charge in [0.1, 0.15) is 11.2 Å². The number of benzene rings is 1. The minimum absolute atomic E-state index is 0.109. The Hall–Kier alpha value is -2.08. The van der Waals surface area contributed by atoms with Gasteiger partial charge in [0.2, 0.25) is 0 Å². The van der Waals surface area contributed by atoms with Crippen molar-refractivity contribution in [3.05, 3.63) is 29.8 Å². The van der Waals surface area contributed by atoms with E-state index in [2.05, 4.69) is 0 Å². The predicted octanol–water partition coefficient (Wildman–Crippen LogP) is 0.940. The second kappa shape index (κ2) is 5.61. The number of likely N-dealkylation sites (tertiary alicyclic amines) is 1. The second-order valence-corrected chi connectivity index (χ2v) is 5.95. The summed E-state index contributed by atoms with van der Waals surface area (Å²) in [5.41, 5.74) is 0.0111. The molecule has 118 valence electrons. The summed E-state index contributed by atoms with van der Waals surface area (Å²) in [7, 11) is 1.48. The van der Waals surface area contributed by atoms with Crippen molar-refractivity contribution in [2.45, 2.75) is 18.9 Å². The number of carboxylic acid groups (broad SMARTS) is 1.